The Hall–Kier alpha value is -1.37. The van der Waals surface area contributed by atoms with Crippen molar-refractivity contribution in [1.82, 2.24) is 4.98 Å². The SMILES string of the molecule is CCOC(=O)c1coc(NCCC(C)S(C)=O)n1. The van der Waals surface area contributed by atoms with Crippen molar-refractivity contribution >= 4 is 22.8 Å². The highest BCUT2D eigenvalue weighted by Gasteiger charge is 2.13. The van der Waals surface area contributed by atoms with E-state index in [1.54, 1.807) is 13.2 Å². The zero-order valence-corrected chi connectivity index (χ0v) is 11.6. The first-order chi connectivity index (χ1) is 8.54. The number of hydrogen-bond acceptors (Lipinski definition) is 6. The van der Waals surface area contributed by atoms with E-state index in [4.69, 9.17) is 9.15 Å². The second kappa shape index (κ2) is 7.15. The third kappa shape index (κ3) is 4.48. The van der Waals surface area contributed by atoms with Gasteiger partial charge in [0.1, 0.15) is 6.26 Å². The van der Waals surface area contributed by atoms with E-state index >= 15 is 0 Å². The maximum absolute atomic E-state index is 11.3. The number of esters is 1. The van der Waals surface area contributed by atoms with E-state index in [1.807, 2.05) is 6.92 Å². The number of rotatable bonds is 7. The zero-order valence-electron chi connectivity index (χ0n) is 10.8. The lowest BCUT2D eigenvalue weighted by molar-refractivity contribution is 0.0519. The molecule has 7 heteroatoms. The highest BCUT2D eigenvalue weighted by molar-refractivity contribution is 7.84. The lowest BCUT2D eigenvalue weighted by Gasteiger charge is -2.07. The van der Waals surface area contributed by atoms with Gasteiger partial charge in [-0.15, -0.1) is 0 Å². The molecule has 1 rings (SSSR count). The Morgan fingerprint density at radius 2 is 2.39 bits per heavy atom. The van der Waals surface area contributed by atoms with Gasteiger partial charge >= 0.3 is 5.97 Å². The molecule has 1 N–H and O–H groups in total. The van der Waals surface area contributed by atoms with Crippen LogP contribution in [-0.4, -0.2) is 39.8 Å². The fourth-order valence-electron chi connectivity index (χ4n) is 1.20. The molecule has 1 aromatic heterocycles. The summed E-state index contributed by atoms with van der Waals surface area (Å²) in [5, 5.41) is 3.04. The Bertz CT molecular complexity index is 419. The van der Waals surface area contributed by atoms with Crippen molar-refractivity contribution in [2.24, 2.45) is 0 Å². The van der Waals surface area contributed by atoms with Gasteiger partial charge in [0.25, 0.3) is 6.01 Å². The van der Waals surface area contributed by atoms with Gasteiger partial charge in [-0.05, 0) is 13.3 Å². The van der Waals surface area contributed by atoms with Gasteiger partial charge in [-0.3, -0.25) is 4.21 Å². The van der Waals surface area contributed by atoms with Crippen LogP contribution in [0.3, 0.4) is 0 Å². The van der Waals surface area contributed by atoms with Crippen LogP contribution in [0.25, 0.3) is 0 Å². The summed E-state index contributed by atoms with van der Waals surface area (Å²) in [6.45, 7) is 4.53. The summed E-state index contributed by atoms with van der Waals surface area (Å²) in [5.74, 6) is -0.502. The minimum atomic E-state index is -0.838. The number of carbonyl (C=O) groups is 1. The van der Waals surface area contributed by atoms with Crippen LogP contribution < -0.4 is 5.32 Å². The Balaban J connectivity index is 2.40. The molecule has 0 bridgehead atoms. The van der Waals surface area contributed by atoms with Gasteiger partial charge in [0.05, 0.1) is 6.61 Å². The first kappa shape index (κ1) is 14.7. The van der Waals surface area contributed by atoms with E-state index in [9.17, 15) is 9.00 Å². The zero-order chi connectivity index (χ0) is 13.5. The molecule has 0 aromatic carbocycles. The Morgan fingerprint density at radius 3 is 3.00 bits per heavy atom. The van der Waals surface area contributed by atoms with E-state index in [0.29, 0.717) is 13.2 Å². The second-order valence-electron chi connectivity index (χ2n) is 3.78. The smallest absolute Gasteiger partial charge is 0.360 e. The molecule has 0 aliphatic carbocycles. The molecule has 18 heavy (non-hydrogen) atoms. The predicted molar refractivity (Wildman–Crippen MR) is 69.1 cm³/mol. The van der Waals surface area contributed by atoms with Gasteiger partial charge in [0, 0.05) is 28.9 Å². The minimum absolute atomic E-state index is 0.108. The van der Waals surface area contributed by atoms with Crippen LogP contribution in [0, 0.1) is 0 Å². The van der Waals surface area contributed by atoms with Crippen molar-refractivity contribution in [3.63, 3.8) is 0 Å². The molecule has 0 saturated heterocycles. The Morgan fingerprint density at radius 1 is 1.67 bits per heavy atom. The van der Waals surface area contributed by atoms with Crippen LogP contribution >= 0.6 is 0 Å². The van der Waals surface area contributed by atoms with E-state index in [-0.39, 0.29) is 17.0 Å². The van der Waals surface area contributed by atoms with Gasteiger partial charge < -0.3 is 14.5 Å². The molecule has 102 valence electrons. The fraction of sp³-hybridized carbons (Fsp3) is 0.636. The fourth-order valence-corrected chi connectivity index (χ4v) is 1.65. The van der Waals surface area contributed by atoms with Crippen LogP contribution in [0.2, 0.25) is 0 Å². The number of nitrogens with one attached hydrogen (secondary N) is 1. The number of aromatic nitrogens is 1. The van der Waals surface area contributed by atoms with Crippen molar-refractivity contribution < 1.29 is 18.2 Å². The molecule has 0 spiro atoms. The molecule has 0 saturated carbocycles. The lowest BCUT2D eigenvalue weighted by Crippen LogP contribution is -2.15. The number of oxazole rings is 1. The maximum Gasteiger partial charge on any atom is 0.360 e. The topological polar surface area (TPSA) is 81.4 Å². The second-order valence-corrected chi connectivity index (χ2v) is 5.58. The van der Waals surface area contributed by atoms with Gasteiger partial charge in [-0.1, -0.05) is 6.92 Å². The van der Waals surface area contributed by atoms with Crippen molar-refractivity contribution in [2.45, 2.75) is 25.5 Å². The van der Waals surface area contributed by atoms with Crippen LogP contribution in [-0.2, 0) is 15.5 Å². The van der Waals surface area contributed by atoms with E-state index < -0.39 is 16.8 Å². The van der Waals surface area contributed by atoms with Crippen LogP contribution in [0.5, 0.6) is 0 Å². The van der Waals surface area contributed by atoms with Crippen molar-refractivity contribution in [2.75, 3.05) is 24.7 Å². The summed E-state index contributed by atoms with van der Waals surface area (Å²) in [6, 6.07) is 0.270. The highest BCUT2D eigenvalue weighted by Crippen LogP contribution is 2.09. The normalized spacial score (nSPS) is 13.9. The number of carbonyl (C=O) groups excluding carboxylic acids is 1. The minimum Gasteiger partial charge on any atom is -0.461 e. The molecule has 0 fully saturated rings. The molecule has 0 aliphatic rings. The predicted octanol–water partition coefficient (Wildman–Crippen LogP) is 1.42. The van der Waals surface area contributed by atoms with Gasteiger partial charge in [0.15, 0.2) is 5.69 Å². The van der Waals surface area contributed by atoms with Crippen molar-refractivity contribution in [1.29, 1.82) is 0 Å². The standard InChI is InChI=1S/C11H18N2O4S/c1-4-16-10(14)9-7-17-11(13-9)12-6-5-8(2)18(3)15/h7-8H,4-6H2,1-3H3,(H,12,13). The molecular weight excluding hydrogens is 256 g/mol. The van der Waals surface area contributed by atoms with Crippen molar-refractivity contribution in [3.05, 3.63) is 12.0 Å². The third-order valence-corrected chi connectivity index (χ3v) is 3.75. The molecule has 0 aliphatic heterocycles. The molecule has 6 nitrogen and oxygen atoms in total. The molecule has 1 aromatic rings. The largest absolute Gasteiger partial charge is 0.461 e. The molecule has 0 amide bonds. The maximum atomic E-state index is 11.3. The summed E-state index contributed by atoms with van der Waals surface area (Å²) in [5.41, 5.74) is 0.145. The number of ether oxygens (including phenoxy) is 1. The quantitative estimate of drug-likeness (QED) is 0.757. The highest BCUT2D eigenvalue weighted by atomic mass is 32.2. The van der Waals surface area contributed by atoms with Gasteiger partial charge in [-0.2, -0.15) is 4.98 Å². The average Bonchev–Trinajstić information content (AvgIpc) is 2.78. The van der Waals surface area contributed by atoms with Gasteiger partial charge in [-0.25, -0.2) is 4.79 Å². The van der Waals surface area contributed by atoms with Crippen LogP contribution in [0.1, 0.15) is 30.8 Å². The summed E-state index contributed by atoms with van der Waals surface area (Å²) >= 11 is 0. The number of anilines is 1. The summed E-state index contributed by atoms with van der Waals surface area (Å²) < 4.78 is 21.0. The third-order valence-electron chi connectivity index (χ3n) is 2.38. The van der Waals surface area contributed by atoms with Crippen LogP contribution in [0.4, 0.5) is 6.01 Å². The monoisotopic (exact) mass is 274 g/mol. The van der Waals surface area contributed by atoms with E-state index in [2.05, 4.69) is 10.3 Å². The average molecular weight is 274 g/mol. The summed E-state index contributed by atoms with van der Waals surface area (Å²) in [7, 11) is -0.838. The first-order valence-electron chi connectivity index (χ1n) is 5.73. The lowest BCUT2D eigenvalue weighted by atomic mass is 10.3. The summed E-state index contributed by atoms with van der Waals surface area (Å²) in [4.78, 5) is 15.3. The number of hydrogen-bond donors (Lipinski definition) is 1. The molecule has 2 unspecified atom stereocenters. The summed E-state index contributed by atoms with van der Waals surface area (Å²) in [6.07, 6.45) is 3.66. The van der Waals surface area contributed by atoms with Crippen LogP contribution in [0.15, 0.2) is 10.7 Å². The first-order valence-corrected chi connectivity index (χ1v) is 7.35. The molecular formula is C11H18N2O4S. The molecule has 2 atom stereocenters. The van der Waals surface area contributed by atoms with Crippen molar-refractivity contribution in [3.8, 4) is 0 Å². The van der Waals surface area contributed by atoms with Gasteiger partial charge in [0.2, 0.25) is 0 Å². The molecule has 1 heterocycles. The Kier molecular flexibility index (Phi) is 5.84. The Labute approximate surface area is 109 Å². The number of nitrogens with zero attached hydrogens (tertiary/aromatic N) is 1. The molecule has 0 radical (unpaired) electrons. The van der Waals surface area contributed by atoms with E-state index in [1.165, 1.54) is 6.26 Å². The van der Waals surface area contributed by atoms with E-state index in [0.717, 1.165) is 6.42 Å².